The van der Waals surface area contributed by atoms with Gasteiger partial charge in [-0.1, -0.05) is 37.8 Å². The zero-order valence-corrected chi connectivity index (χ0v) is 19.7. The van der Waals surface area contributed by atoms with Crippen molar-refractivity contribution in [3.8, 4) is 0 Å². The van der Waals surface area contributed by atoms with Gasteiger partial charge in [-0.3, -0.25) is 9.59 Å². The van der Waals surface area contributed by atoms with E-state index in [2.05, 4.69) is 13.5 Å². The van der Waals surface area contributed by atoms with Crippen molar-refractivity contribution in [1.82, 2.24) is 0 Å². The summed E-state index contributed by atoms with van der Waals surface area (Å²) in [6.45, 7) is 7.81. The first-order valence-corrected chi connectivity index (χ1v) is 13.0. The van der Waals surface area contributed by atoms with E-state index in [4.69, 9.17) is 4.74 Å². The van der Waals surface area contributed by atoms with Crippen molar-refractivity contribution in [3.63, 3.8) is 0 Å². The summed E-state index contributed by atoms with van der Waals surface area (Å²) in [7, 11) is 0. The minimum Gasteiger partial charge on any atom is -0.462 e. The molecule has 0 amide bonds. The van der Waals surface area contributed by atoms with Crippen molar-refractivity contribution in [2.24, 2.45) is 35.0 Å². The van der Waals surface area contributed by atoms with Crippen molar-refractivity contribution in [3.05, 3.63) is 24.3 Å². The third kappa shape index (κ3) is 4.57. The molecule has 31 heavy (non-hydrogen) atoms. The highest BCUT2D eigenvalue weighted by molar-refractivity contribution is 5.91. The maximum atomic E-state index is 12.2. The maximum absolute atomic E-state index is 12.2. The Morgan fingerprint density at radius 2 is 2.00 bits per heavy atom. The van der Waals surface area contributed by atoms with E-state index in [1.807, 2.05) is 12.2 Å². The number of esters is 1. The fourth-order valence-electron chi connectivity index (χ4n) is 8.07. The summed E-state index contributed by atoms with van der Waals surface area (Å²) < 4.78 is 5.85. The van der Waals surface area contributed by atoms with Crippen LogP contribution in [0.3, 0.4) is 0 Å². The molecule has 0 unspecified atom stereocenters. The predicted octanol–water partition coefficient (Wildman–Crippen LogP) is 6.81. The highest BCUT2D eigenvalue weighted by Gasteiger charge is 2.59. The molecule has 0 aromatic heterocycles. The van der Waals surface area contributed by atoms with E-state index in [0.717, 1.165) is 43.9 Å². The molecule has 7 atom stereocenters. The zero-order chi connectivity index (χ0) is 22.0. The zero-order valence-electron chi connectivity index (χ0n) is 19.7. The average molecular weight is 427 g/mol. The molecule has 0 saturated heterocycles. The van der Waals surface area contributed by atoms with Gasteiger partial charge < -0.3 is 4.74 Å². The third-order valence-corrected chi connectivity index (χ3v) is 9.42. The number of fused-ring (bicyclic) bond motifs is 5. The monoisotopic (exact) mass is 426 g/mol. The van der Waals surface area contributed by atoms with Crippen LogP contribution in [-0.4, -0.2) is 17.9 Å². The van der Waals surface area contributed by atoms with Gasteiger partial charge in [0.15, 0.2) is 5.78 Å². The molecule has 3 saturated carbocycles. The lowest BCUT2D eigenvalue weighted by atomic mass is 9.49. The summed E-state index contributed by atoms with van der Waals surface area (Å²) >= 11 is 0. The highest BCUT2D eigenvalue weighted by atomic mass is 16.5. The van der Waals surface area contributed by atoms with E-state index in [1.165, 1.54) is 56.9 Å². The Morgan fingerprint density at radius 3 is 2.77 bits per heavy atom. The van der Waals surface area contributed by atoms with Gasteiger partial charge in [-0.05, 0) is 93.5 Å². The Hall–Kier alpha value is -1.38. The van der Waals surface area contributed by atoms with Gasteiger partial charge in [-0.2, -0.15) is 0 Å². The lowest BCUT2D eigenvalue weighted by Gasteiger charge is -2.56. The van der Waals surface area contributed by atoms with E-state index < -0.39 is 0 Å². The Kier molecular flexibility index (Phi) is 7.08. The molecular formula is C28H42O3. The minimum absolute atomic E-state index is 0.0976. The van der Waals surface area contributed by atoms with Crippen LogP contribution >= 0.6 is 0 Å². The number of ether oxygens (including phenoxy) is 1. The summed E-state index contributed by atoms with van der Waals surface area (Å²) in [5.41, 5.74) is 1.62. The average Bonchev–Trinajstić information content (AvgIpc) is 3.05. The third-order valence-electron chi connectivity index (χ3n) is 9.42. The van der Waals surface area contributed by atoms with Gasteiger partial charge >= 0.3 is 5.97 Å². The molecule has 4 rings (SSSR count). The van der Waals surface area contributed by atoms with Crippen LogP contribution in [0.2, 0.25) is 0 Å². The fraction of sp³-hybridized carbons (Fsp3) is 0.786. The second-order valence-corrected chi connectivity index (χ2v) is 11.1. The molecule has 0 aromatic rings. The van der Waals surface area contributed by atoms with Crippen LogP contribution in [0.4, 0.5) is 0 Å². The molecule has 0 aliphatic heterocycles. The standard InChI is InChI=1S/C28H42O3/c1-4-5-6-7-8-9-10-20-17-21-18-22(30)11-12-23(21)24-15-16-28(3)25(27(20)24)13-14-26(28)31-19(2)29/h4,18,20,23-27H,1,5-17H2,2-3H3/t20-,23+,24-,25+,26+,27-,28+/m1/s1. The van der Waals surface area contributed by atoms with Crippen LogP contribution in [0, 0.1) is 35.0 Å². The van der Waals surface area contributed by atoms with Gasteiger partial charge in [0.2, 0.25) is 0 Å². The van der Waals surface area contributed by atoms with Gasteiger partial charge in [0.25, 0.3) is 0 Å². The number of unbranched alkanes of at least 4 members (excludes halogenated alkanes) is 4. The minimum atomic E-state index is -0.121. The Bertz CT molecular complexity index is 722. The lowest BCUT2D eigenvalue weighted by molar-refractivity contribution is -0.157. The molecule has 0 heterocycles. The number of allylic oxidation sites excluding steroid dienone is 2. The van der Waals surface area contributed by atoms with E-state index >= 15 is 0 Å². The highest BCUT2D eigenvalue weighted by Crippen LogP contribution is 2.64. The Labute approximate surface area is 189 Å². The van der Waals surface area contributed by atoms with Crippen molar-refractivity contribution >= 4 is 11.8 Å². The summed E-state index contributed by atoms with van der Waals surface area (Å²) in [4.78, 5) is 24.0. The quantitative estimate of drug-likeness (QED) is 0.243. The van der Waals surface area contributed by atoms with Crippen LogP contribution in [0.25, 0.3) is 0 Å². The molecule has 0 bridgehead atoms. The molecule has 0 spiro atoms. The van der Waals surface area contributed by atoms with E-state index in [0.29, 0.717) is 23.5 Å². The lowest BCUT2D eigenvalue weighted by Crippen LogP contribution is -2.51. The smallest absolute Gasteiger partial charge is 0.302 e. The summed E-state index contributed by atoms with van der Waals surface area (Å²) in [6.07, 6.45) is 19.3. The summed E-state index contributed by atoms with van der Waals surface area (Å²) in [5.74, 6) is 3.69. The summed E-state index contributed by atoms with van der Waals surface area (Å²) in [6, 6.07) is 0. The van der Waals surface area contributed by atoms with Crippen LogP contribution in [-0.2, 0) is 14.3 Å². The van der Waals surface area contributed by atoms with Gasteiger partial charge in [0.05, 0.1) is 0 Å². The number of carbonyl (C=O) groups excluding carboxylic acids is 2. The number of carbonyl (C=O) groups is 2. The van der Waals surface area contributed by atoms with Gasteiger partial charge in [0.1, 0.15) is 6.10 Å². The second kappa shape index (κ2) is 9.63. The largest absolute Gasteiger partial charge is 0.462 e. The summed E-state index contributed by atoms with van der Waals surface area (Å²) in [5, 5.41) is 0. The maximum Gasteiger partial charge on any atom is 0.302 e. The van der Waals surface area contributed by atoms with Gasteiger partial charge in [-0.25, -0.2) is 0 Å². The normalized spacial score (nSPS) is 39.2. The number of hydrogen-bond donors (Lipinski definition) is 0. The molecule has 3 fully saturated rings. The second-order valence-electron chi connectivity index (χ2n) is 11.1. The molecule has 0 aromatic carbocycles. The molecular weight excluding hydrogens is 384 g/mol. The fourth-order valence-corrected chi connectivity index (χ4v) is 8.07. The van der Waals surface area contributed by atoms with Crippen molar-refractivity contribution in [2.75, 3.05) is 0 Å². The van der Waals surface area contributed by atoms with Crippen molar-refractivity contribution < 1.29 is 14.3 Å². The van der Waals surface area contributed by atoms with E-state index in [-0.39, 0.29) is 17.5 Å². The number of ketones is 1. The van der Waals surface area contributed by atoms with Crippen LogP contribution in [0.15, 0.2) is 24.3 Å². The molecule has 0 N–H and O–H groups in total. The Balaban J connectivity index is 1.52. The molecule has 3 heteroatoms. The van der Waals surface area contributed by atoms with Crippen LogP contribution in [0.1, 0.15) is 97.3 Å². The first-order chi connectivity index (χ1) is 14.9. The predicted molar refractivity (Wildman–Crippen MR) is 124 cm³/mol. The van der Waals surface area contributed by atoms with E-state index in [9.17, 15) is 9.59 Å². The first-order valence-electron chi connectivity index (χ1n) is 13.0. The Morgan fingerprint density at radius 1 is 1.19 bits per heavy atom. The topological polar surface area (TPSA) is 43.4 Å². The number of hydrogen-bond acceptors (Lipinski definition) is 3. The number of rotatable bonds is 8. The van der Waals surface area contributed by atoms with E-state index in [1.54, 1.807) is 6.92 Å². The molecule has 0 radical (unpaired) electrons. The van der Waals surface area contributed by atoms with Gasteiger partial charge in [-0.15, -0.1) is 6.58 Å². The van der Waals surface area contributed by atoms with Crippen molar-refractivity contribution in [2.45, 2.75) is 103 Å². The van der Waals surface area contributed by atoms with Crippen molar-refractivity contribution in [1.29, 1.82) is 0 Å². The molecule has 4 aliphatic carbocycles. The molecule has 4 aliphatic rings. The first kappa shape index (κ1) is 22.8. The van der Waals surface area contributed by atoms with Gasteiger partial charge in [0, 0.05) is 18.8 Å². The SMILES string of the molecule is C=CCCCCCC[C@@H]1CC2=CC(=O)CC[C@@H]2[C@H]2CC[C@]3(C)[C@@H](OC(C)=O)CC[C@H]3[C@H]12. The van der Waals surface area contributed by atoms with Crippen LogP contribution < -0.4 is 0 Å². The molecule has 172 valence electrons. The molecule has 3 nitrogen and oxygen atoms in total. The van der Waals surface area contributed by atoms with Crippen LogP contribution in [0.5, 0.6) is 0 Å².